The molecule has 1 saturated carbocycles. The van der Waals surface area contributed by atoms with Gasteiger partial charge in [0.1, 0.15) is 23.4 Å². The molecule has 6 unspecified atom stereocenters. The molecule has 3 rings (SSSR count). The smallest absolute Gasteiger partial charge is 0.331 e. The van der Waals surface area contributed by atoms with Gasteiger partial charge in [-0.2, -0.15) is 0 Å². The minimum absolute atomic E-state index is 0.0423. The fraction of sp³-hybridized carbons (Fsp3) is 0.625. The van der Waals surface area contributed by atoms with Crippen LogP contribution >= 0.6 is 0 Å². The molecule has 6 atom stereocenters. The lowest BCUT2D eigenvalue weighted by atomic mass is 9.68. The molecule has 3 aliphatic rings. The first-order valence-corrected chi connectivity index (χ1v) is 10.5. The van der Waals surface area contributed by atoms with Gasteiger partial charge in [0, 0.05) is 13.2 Å². The van der Waals surface area contributed by atoms with E-state index in [1.807, 2.05) is 25.2 Å². The van der Waals surface area contributed by atoms with Crippen molar-refractivity contribution in [3.05, 3.63) is 48.1 Å². The Kier molecular flexibility index (Phi) is 6.82. The van der Waals surface area contributed by atoms with Crippen LogP contribution in [-0.2, 0) is 23.7 Å². The molecule has 0 aromatic rings. The van der Waals surface area contributed by atoms with Crippen molar-refractivity contribution < 1.29 is 23.7 Å². The summed E-state index contributed by atoms with van der Waals surface area (Å²) >= 11 is 0. The number of hydrogen-bond acceptors (Lipinski definition) is 5. The van der Waals surface area contributed by atoms with Crippen molar-refractivity contribution in [1.82, 2.24) is 0 Å². The van der Waals surface area contributed by atoms with Crippen molar-refractivity contribution in [1.29, 1.82) is 0 Å². The van der Waals surface area contributed by atoms with Crippen LogP contribution < -0.4 is 0 Å². The number of ether oxygens (including phenoxy) is 4. The molecule has 0 aromatic heterocycles. The van der Waals surface area contributed by atoms with Crippen molar-refractivity contribution in [3.8, 4) is 0 Å². The summed E-state index contributed by atoms with van der Waals surface area (Å²) in [6.07, 6.45) is 14.9. The van der Waals surface area contributed by atoms with Crippen molar-refractivity contribution in [3.63, 3.8) is 0 Å². The average molecular weight is 403 g/mol. The number of carbonyl (C=O) groups is 1. The molecule has 3 fully saturated rings. The van der Waals surface area contributed by atoms with Gasteiger partial charge in [-0.25, -0.2) is 4.79 Å². The van der Waals surface area contributed by atoms with E-state index in [0.717, 1.165) is 25.9 Å². The Hall–Kier alpha value is -1.69. The van der Waals surface area contributed by atoms with E-state index in [1.54, 1.807) is 19.3 Å². The average Bonchev–Trinajstić information content (AvgIpc) is 3.59. The molecular formula is C24H34O5. The zero-order chi connectivity index (χ0) is 21.1. The number of rotatable bonds is 8. The molecule has 29 heavy (non-hydrogen) atoms. The topological polar surface area (TPSA) is 60.6 Å². The first-order chi connectivity index (χ1) is 13.9. The highest BCUT2D eigenvalue weighted by molar-refractivity contribution is 5.82. The second-order valence-electron chi connectivity index (χ2n) is 8.62. The lowest BCUT2D eigenvalue weighted by molar-refractivity contribution is -0.166. The Balaban J connectivity index is 1.69. The molecule has 1 spiro atoms. The molecule has 2 saturated heterocycles. The molecule has 0 bridgehead atoms. The first kappa shape index (κ1) is 22.0. The predicted molar refractivity (Wildman–Crippen MR) is 113 cm³/mol. The second-order valence-corrected chi connectivity index (χ2v) is 8.62. The molecule has 0 aromatic carbocycles. The fourth-order valence-electron chi connectivity index (χ4n) is 4.63. The minimum Gasteiger partial charge on any atom is -0.456 e. The maximum Gasteiger partial charge on any atom is 0.331 e. The molecule has 0 N–H and O–H groups in total. The van der Waals surface area contributed by atoms with Gasteiger partial charge in [0.05, 0.1) is 18.6 Å². The SMILES string of the molecule is C/C=C/C=C/C=C/C(=O)OC1CCC2(CO2)C(C2(C)OC2CC=C(C)C)C1OC. The highest BCUT2D eigenvalue weighted by Gasteiger charge is 2.72. The Morgan fingerprint density at radius 2 is 1.93 bits per heavy atom. The zero-order valence-electron chi connectivity index (χ0n) is 18.2. The molecule has 1 aliphatic carbocycles. The quantitative estimate of drug-likeness (QED) is 0.199. The number of epoxide rings is 2. The predicted octanol–water partition coefficient (Wildman–Crippen LogP) is 4.29. The van der Waals surface area contributed by atoms with E-state index in [2.05, 4.69) is 26.8 Å². The largest absolute Gasteiger partial charge is 0.456 e. The lowest BCUT2D eigenvalue weighted by Gasteiger charge is -2.42. The summed E-state index contributed by atoms with van der Waals surface area (Å²) in [5.41, 5.74) is 0.761. The van der Waals surface area contributed by atoms with Gasteiger partial charge in [-0.05, 0) is 47.0 Å². The maximum atomic E-state index is 12.3. The third-order valence-corrected chi connectivity index (χ3v) is 6.26. The van der Waals surface area contributed by atoms with Crippen LogP contribution in [-0.4, -0.2) is 49.2 Å². The van der Waals surface area contributed by atoms with E-state index in [1.165, 1.54) is 11.6 Å². The molecule has 0 amide bonds. The molecule has 5 nitrogen and oxygen atoms in total. The summed E-state index contributed by atoms with van der Waals surface area (Å²) in [4.78, 5) is 12.3. The van der Waals surface area contributed by atoms with Gasteiger partial charge in [0.25, 0.3) is 0 Å². The van der Waals surface area contributed by atoms with Crippen molar-refractivity contribution >= 4 is 5.97 Å². The molecular weight excluding hydrogens is 368 g/mol. The van der Waals surface area contributed by atoms with Crippen LogP contribution in [0.5, 0.6) is 0 Å². The molecule has 2 aliphatic heterocycles. The van der Waals surface area contributed by atoms with E-state index in [0.29, 0.717) is 0 Å². The van der Waals surface area contributed by atoms with E-state index in [9.17, 15) is 4.79 Å². The molecule has 160 valence electrons. The number of allylic oxidation sites excluding steroid dienone is 6. The summed E-state index contributed by atoms with van der Waals surface area (Å²) in [5, 5.41) is 0. The molecule has 5 heteroatoms. The van der Waals surface area contributed by atoms with Crippen molar-refractivity contribution in [2.75, 3.05) is 13.7 Å². The van der Waals surface area contributed by atoms with Crippen LogP contribution in [0.25, 0.3) is 0 Å². The van der Waals surface area contributed by atoms with E-state index >= 15 is 0 Å². The van der Waals surface area contributed by atoms with Gasteiger partial charge in [-0.3, -0.25) is 0 Å². The monoisotopic (exact) mass is 402 g/mol. The number of methoxy groups -OCH3 is 1. The summed E-state index contributed by atoms with van der Waals surface area (Å²) in [6, 6.07) is 0. The zero-order valence-corrected chi connectivity index (χ0v) is 18.2. The fourth-order valence-corrected chi connectivity index (χ4v) is 4.63. The van der Waals surface area contributed by atoms with Gasteiger partial charge < -0.3 is 18.9 Å². The Morgan fingerprint density at radius 3 is 2.55 bits per heavy atom. The van der Waals surface area contributed by atoms with Crippen LogP contribution in [0.3, 0.4) is 0 Å². The minimum atomic E-state index is -0.350. The van der Waals surface area contributed by atoms with Crippen LogP contribution in [0.4, 0.5) is 0 Å². The van der Waals surface area contributed by atoms with Gasteiger partial charge in [0.15, 0.2) is 0 Å². The Morgan fingerprint density at radius 1 is 1.21 bits per heavy atom. The Bertz CT molecular complexity index is 711. The number of hydrogen-bond donors (Lipinski definition) is 0. The highest BCUT2D eigenvalue weighted by atomic mass is 16.6. The Labute approximate surface area is 174 Å². The highest BCUT2D eigenvalue weighted by Crippen LogP contribution is 2.59. The second kappa shape index (κ2) is 8.99. The summed E-state index contributed by atoms with van der Waals surface area (Å²) in [7, 11) is 1.69. The van der Waals surface area contributed by atoms with E-state index in [4.69, 9.17) is 18.9 Å². The first-order valence-electron chi connectivity index (χ1n) is 10.5. The standard InChI is InChI=1S/C24H34O5/c1-6-7-8-9-10-11-20(25)28-18-14-15-24(16-27-24)22(21(18)26-5)23(4)19(29-23)13-12-17(2)3/h6-12,18-19,21-22H,13-16H2,1-5H3/b7-6+,9-8+,11-10+. The van der Waals surface area contributed by atoms with Gasteiger partial charge in [-0.15, -0.1) is 0 Å². The maximum absolute atomic E-state index is 12.3. The van der Waals surface area contributed by atoms with Crippen LogP contribution in [0, 0.1) is 5.92 Å². The molecule has 0 radical (unpaired) electrons. The van der Waals surface area contributed by atoms with Crippen molar-refractivity contribution in [2.24, 2.45) is 5.92 Å². The van der Waals surface area contributed by atoms with Crippen LogP contribution in [0.2, 0.25) is 0 Å². The lowest BCUT2D eigenvalue weighted by Crippen LogP contribution is -2.55. The third kappa shape index (κ3) is 4.90. The van der Waals surface area contributed by atoms with Gasteiger partial charge >= 0.3 is 5.97 Å². The van der Waals surface area contributed by atoms with Crippen molar-refractivity contribution in [2.45, 2.75) is 76.5 Å². The molecule has 2 heterocycles. The van der Waals surface area contributed by atoms with Gasteiger partial charge in [-0.1, -0.05) is 42.0 Å². The van der Waals surface area contributed by atoms with Crippen LogP contribution in [0.1, 0.15) is 47.0 Å². The summed E-state index contributed by atoms with van der Waals surface area (Å²) in [6.45, 7) is 9.01. The van der Waals surface area contributed by atoms with E-state index in [-0.39, 0.29) is 41.4 Å². The normalized spacial score (nSPS) is 38.8. The number of esters is 1. The van der Waals surface area contributed by atoms with E-state index < -0.39 is 0 Å². The summed E-state index contributed by atoms with van der Waals surface area (Å²) < 4.78 is 23.8. The number of carbonyl (C=O) groups excluding carboxylic acids is 1. The third-order valence-electron chi connectivity index (χ3n) is 6.26. The summed E-state index contributed by atoms with van der Waals surface area (Å²) in [5.74, 6) is -0.308. The van der Waals surface area contributed by atoms with Crippen LogP contribution in [0.15, 0.2) is 48.1 Å². The van der Waals surface area contributed by atoms with Gasteiger partial charge in [0.2, 0.25) is 0 Å².